The van der Waals surface area contributed by atoms with E-state index < -0.39 is 0 Å². The quantitative estimate of drug-likeness (QED) is 0.791. The number of hydrogen-bond acceptors (Lipinski definition) is 2. The Morgan fingerprint density at radius 1 is 1.23 bits per heavy atom. The number of oxazole rings is 1. The van der Waals surface area contributed by atoms with Crippen molar-refractivity contribution in [1.82, 2.24) is 4.98 Å². The fraction of sp³-hybridized carbons (Fsp3) is 0.389. The number of hydrogen-bond donors (Lipinski definition) is 1. The Labute approximate surface area is 138 Å². The summed E-state index contributed by atoms with van der Waals surface area (Å²) in [6.07, 6.45) is 5.34. The van der Waals surface area contributed by atoms with Gasteiger partial charge in [0.1, 0.15) is 11.5 Å². The van der Waals surface area contributed by atoms with Crippen molar-refractivity contribution in [3.05, 3.63) is 58.8 Å². The molecule has 0 unspecified atom stereocenters. The normalized spacial score (nSPS) is 15.2. The first kappa shape index (κ1) is 16.8. The van der Waals surface area contributed by atoms with Gasteiger partial charge in [-0.25, -0.2) is 4.98 Å². The molecule has 1 heterocycles. The molecule has 0 atom stereocenters. The van der Waals surface area contributed by atoms with Gasteiger partial charge in [0, 0.05) is 25.3 Å². The van der Waals surface area contributed by atoms with Crippen LogP contribution < -0.4 is 17.3 Å². The molecule has 4 heteroatoms. The van der Waals surface area contributed by atoms with Crippen molar-refractivity contribution >= 4 is 5.57 Å². The van der Waals surface area contributed by atoms with Crippen LogP contribution in [0.4, 0.5) is 0 Å². The van der Waals surface area contributed by atoms with E-state index in [4.69, 9.17) is 4.42 Å². The summed E-state index contributed by atoms with van der Waals surface area (Å²) in [6, 6.07) is 8.66. The first-order valence-electron chi connectivity index (χ1n) is 7.69. The number of quaternary nitrogens is 1. The van der Waals surface area contributed by atoms with Crippen LogP contribution >= 0.6 is 0 Å². The maximum atomic E-state index is 5.82. The molecule has 2 aromatic rings. The minimum Gasteiger partial charge on any atom is -1.00 e. The first-order chi connectivity index (χ1) is 10.1. The van der Waals surface area contributed by atoms with Crippen LogP contribution in [0.1, 0.15) is 34.9 Å². The number of rotatable bonds is 3. The lowest BCUT2D eigenvalue weighted by atomic mass is 9.97. The van der Waals surface area contributed by atoms with Crippen molar-refractivity contribution in [3.8, 4) is 0 Å². The van der Waals surface area contributed by atoms with Crippen LogP contribution in [0.15, 0.2) is 34.8 Å². The van der Waals surface area contributed by atoms with Gasteiger partial charge in [-0.2, -0.15) is 0 Å². The molecule has 0 saturated heterocycles. The van der Waals surface area contributed by atoms with Gasteiger partial charge < -0.3 is 21.7 Å². The molecule has 0 spiro atoms. The van der Waals surface area contributed by atoms with Crippen LogP contribution in [0.25, 0.3) is 5.57 Å². The number of nitrogens with zero attached hydrogens (tertiary/aromatic N) is 1. The molecule has 22 heavy (non-hydrogen) atoms. The highest BCUT2D eigenvalue weighted by Gasteiger charge is 2.22. The highest BCUT2D eigenvalue weighted by Crippen LogP contribution is 2.33. The van der Waals surface area contributed by atoms with E-state index in [1.54, 1.807) is 0 Å². The zero-order chi connectivity index (χ0) is 14.8. The van der Waals surface area contributed by atoms with Gasteiger partial charge in [-0.1, -0.05) is 30.3 Å². The lowest BCUT2D eigenvalue weighted by molar-refractivity contribution is -0.857. The van der Waals surface area contributed by atoms with Crippen LogP contribution in [0, 0.1) is 6.92 Å². The van der Waals surface area contributed by atoms with E-state index in [9.17, 15) is 0 Å². The number of aromatic nitrogens is 1. The van der Waals surface area contributed by atoms with Crippen molar-refractivity contribution < 1.29 is 21.7 Å². The average molecular weight is 319 g/mol. The SMILES string of the molecule is Cc1nc2c(o1)CCc1ccccc1/C2=C/CC[NH+](C)C.[Cl-]. The van der Waals surface area contributed by atoms with E-state index in [-0.39, 0.29) is 12.4 Å². The van der Waals surface area contributed by atoms with Crippen LogP contribution in [-0.2, 0) is 12.8 Å². The predicted molar refractivity (Wildman–Crippen MR) is 84.5 cm³/mol. The third-order valence-electron chi connectivity index (χ3n) is 3.98. The molecule has 118 valence electrons. The fourth-order valence-electron chi connectivity index (χ4n) is 2.94. The molecule has 1 aliphatic carbocycles. The lowest BCUT2D eigenvalue weighted by Gasteiger charge is -2.09. The Morgan fingerprint density at radius 2 is 2.00 bits per heavy atom. The first-order valence-corrected chi connectivity index (χ1v) is 7.69. The maximum Gasteiger partial charge on any atom is 0.191 e. The van der Waals surface area contributed by atoms with E-state index in [1.165, 1.54) is 21.6 Å². The summed E-state index contributed by atoms with van der Waals surface area (Å²) in [7, 11) is 4.37. The standard InChI is InChI=1S/C18H22N2O.ClH/c1-13-19-18-16(9-6-12-20(2)3)15-8-5-4-7-14(15)10-11-17(18)21-13;/h4-5,7-9H,6,10-12H2,1-3H3;1H/b16-9-;. The van der Waals surface area contributed by atoms with Crippen molar-refractivity contribution in [1.29, 1.82) is 0 Å². The molecular weight excluding hydrogens is 296 g/mol. The summed E-state index contributed by atoms with van der Waals surface area (Å²) >= 11 is 0. The third kappa shape index (κ3) is 3.42. The summed E-state index contributed by atoms with van der Waals surface area (Å²) < 4.78 is 5.82. The molecule has 3 rings (SSSR count). The van der Waals surface area contributed by atoms with Crippen LogP contribution in [0.2, 0.25) is 0 Å². The van der Waals surface area contributed by atoms with Gasteiger partial charge in [0.15, 0.2) is 5.89 Å². The van der Waals surface area contributed by atoms with E-state index in [0.29, 0.717) is 0 Å². The number of halogens is 1. The number of aryl methyl sites for hydroxylation is 3. The van der Waals surface area contributed by atoms with Crippen LogP contribution in [-0.4, -0.2) is 25.6 Å². The van der Waals surface area contributed by atoms with Gasteiger partial charge in [-0.3, -0.25) is 0 Å². The zero-order valence-electron chi connectivity index (χ0n) is 13.4. The summed E-state index contributed by atoms with van der Waals surface area (Å²) in [5.74, 6) is 1.80. The molecule has 0 aliphatic heterocycles. The summed E-state index contributed by atoms with van der Waals surface area (Å²) in [4.78, 5) is 6.11. The van der Waals surface area contributed by atoms with Crippen molar-refractivity contribution in [3.63, 3.8) is 0 Å². The van der Waals surface area contributed by atoms with E-state index in [0.717, 1.165) is 43.2 Å². The Balaban J connectivity index is 0.00000176. The molecule has 0 radical (unpaired) electrons. The third-order valence-corrected chi connectivity index (χ3v) is 3.98. The molecule has 1 N–H and O–H groups in total. The average Bonchev–Trinajstić information content (AvgIpc) is 2.76. The molecule has 3 nitrogen and oxygen atoms in total. The van der Waals surface area contributed by atoms with Gasteiger partial charge in [0.2, 0.25) is 0 Å². The van der Waals surface area contributed by atoms with Gasteiger partial charge in [-0.15, -0.1) is 0 Å². The summed E-state index contributed by atoms with van der Waals surface area (Å²) in [5, 5.41) is 0. The van der Waals surface area contributed by atoms with Crippen LogP contribution in [0.3, 0.4) is 0 Å². The predicted octanol–water partition coefficient (Wildman–Crippen LogP) is -0.948. The van der Waals surface area contributed by atoms with Gasteiger partial charge in [0.05, 0.1) is 20.6 Å². The number of nitrogens with one attached hydrogen (secondary N) is 1. The van der Waals surface area contributed by atoms with Crippen molar-refractivity contribution in [2.24, 2.45) is 0 Å². The monoisotopic (exact) mass is 318 g/mol. The van der Waals surface area contributed by atoms with Crippen LogP contribution in [0.5, 0.6) is 0 Å². The number of benzene rings is 1. The lowest BCUT2D eigenvalue weighted by Crippen LogP contribution is -3.05. The topological polar surface area (TPSA) is 30.5 Å². The summed E-state index contributed by atoms with van der Waals surface area (Å²) in [5.41, 5.74) is 5.01. The van der Waals surface area contributed by atoms with E-state index in [2.05, 4.69) is 49.4 Å². The summed E-state index contributed by atoms with van der Waals surface area (Å²) in [6.45, 7) is 3.06. The maximum absolute atomic E-state index is 5.82. The molecule has 1 aromatic carbocycles. The molecule has 0 fully saturated rings. The molecule has 0 saturated carbocycles. The van der Waals surface area contributed by atoms with E-state index >= 15 is 0 Å². The molecule has 1 aromatic heterocycles. The minimum absolute atomic E-state index is 0. The highest BCUT2D eigenvalue weighted by molar-refractivity contribution is 5.81. The fourth-order valence-corrected chi connectivity index (χ4v) is 2.94. The van der Waals surface area contributed by atoms with Gasteiger partial charge in [-0.05, 0) is 17.5 Å². The van der Waals surface area contributed by atoms with Crippen molar-refractivity contribution in [2.45, 2.75) is 26.2 Å². The largest absolute Gasteiger partial charge is 1.00 e. The second kappa shape index (κ2) is 7.12. The second-order valence-electron chi connectivity index (χ2n) is 6.03. The number of fused-ring (bicyclic) bond motifs is 2. The van der Waals surface area contributed by atoms with Gasteiger partial charge in [0.25, 0.3) is 0 Å². The highest BCUT2D eigenvalue weighted by atomic mass is 35.5. The Bertz CT molecular complexity index is 673. The smallest absolute Gasteiger partial charge is 0.191 e. The Hall–Kier alpha value is -1.58. The van der Waals surface area contributed by atoms with Crippen molar-refractivity contribution in [2.75, 3.05) is 20.6 Å². The minimum atomic E-state index is 0. The Morgan fingerprint density at radius 3 is 2.77 bits per heavy atom. The zero-order valence-corrected chi connectivity index (χ0v) is 14.2. The molecule has 0 bridgehead atoms. The molecule has 1 aliphatic rings. The molecular formula is C18H23ClN2O. The van der Waals surface area contributed by atoms with Gasteiger partial charge >= 0.3 is 0 Å². The second-order valence-corrected chi connectivity index (χ2v) is 6.03. The molecule has 0 amide bonds. The van der Waals surface area contributed by atoms with E-state index in [1.807, 2.05) is 6.92 Å². The Kier molecular flexibility index (Phi) is 5.43.